The molecule has 2 rings (SSSR count). The van der Waals surface area contributed by atoms with Gasteiger partial charge in [-0.05, 0) is 12.8 Å². The fraction of sp³-hybridized carbons (Fsp3) is 0.933. The van der Waals surface area contributed by atoms with Gasteiger partial charge in [0.15, 0.2) is 0 Å². The molecule has 1 saturated heterocycles. The van der Waals surface area contributed by atoms with Gasteiger partial charge in [0.05, 0.1) is 17.8 Å². The lowest BCUT2D eigenvalue weighted by Crippen LogP contribution is -2.47. The summed E-state index contributed by atoms with van der Waals surface area (Å²) in [6.45, 7) is 2.10. The molecule has 2 N–H and O–H groups in total. The summed E-state index contributed by atoms with van der Waals surface area (Å²) in [6.07, 6.45) is 5.95. The molecule has 1 amide bonds. The average Bonchev–Trinajstić information content (AvgIpc) is 2.69. The van der Waals surface area contributed by atoms with Crippen LogP contribution in [0.3, 0.4) is 0 Å². The SMILES string of the molecule is CNC(=O)[C@H]1CN(CC2(O)CCCCC2)CCN(S(C)(=O)=O)C1. The molecule has 0 aromatic carbocycles. The number of hydrogen-bond acceptors (Lipinski definition) is 5. The zero-order chi connectivity index (χ0) is 17.1. The maximum atomic E-state index is 12.1. The van der Waals surface area contributed by atoms with E-state index in [1.54, 1.807) is 7.05 Å². The van der Waals surface area contributed by atoms with Crippen LogP contribution in [0.4, 0.5) is 0 Å². The quantitative estimate of drug-likeness (QED) is 0.724. The van der Waals surface area contributed by atoms with Crippen LogP contribution in [0, 0.1) is 5.92 Å². The normalized spacial score (nSPS) is 27.3. The molecule has 1 aliphatic carbocycles. The van der Waals surface area contributed by atoms with Gasteiger partial charge in [-0.15, -0.1) is 0 Å². The lowest BCUT2D eigenvalue weighted by Gasteiger charge is -2.37. The monoisotopic (exact) mass is 347 g/mol. The number of β-amino-alcohol motifs (C(OH)–C–C–N with tert-alkyl or cyclic N) is 1. The Bertz CT molecular complexity index is 517. The highest BCUT2D eigenvalue weighted by molar-refractivity contribution is 7.88. The van der Waals surface area contributed by atoms with Crippen LogP contribution in [0.15, 0.2) is 0 Å². The molecule has 0 unspecified atom stereocenters. The minimum Gasteiger partial charge on any atom is -0.389 e. The molecule has 134 valence electrons. The minimum absolute atomic E-state index is 0.152. The van der Waals surface area contributed by atoms with Gasteiger partial charge in [0, 0.05) is 39.8 Å². The van der Waals surface area contributed by atoms with Gasteiger partial charge in [-0.3, -0.25) is 9.69 Å². The number of rotatable bonds is 4. The first-order valence-electron chi connectivity index (χ1n) is 8.35. The molecule has 2 fully saturated rings. The molecule has 8 heteroatoms. The van der Waals surface area contributed by atoms with Gasteiger partial charge < -0.3 is 10.4 Å². The van der Waals surface area contributed by atoms with E-state index in [1.165, 1.54) is 10.6 Å². The summed E-state index contributed by atoms with van der Waals surface area (Å²) in [4.78, 5) is 14.1. The maximum absolute atomic E-state index is 12.1. The summed E-state index contributed by atoms with van der Waals surface area (Å²) < 4.78 is 25.1. The Balaban J connectivity index is 2.10. The number of carbonyl (C=O) groups excluding carboxylic acids is 1. The summed E-state index contributed by atoms with van der Waals surface area (Å²) in [6, 6.07) is 0. The van der Waals surface area contributed by atoms with Crippen molar-refractivity contribution in [3.8, 4) is 0 Å². The molecule has 1 saturated carbocycles. The topological polar surface area (TPSA) is 90.0 Å². The third kappa shape index (κ3) is 5.14. The molecular weight excluding hydrogens is 318 g/mol. The van der Waals surface area contributed by atoms with E-state index < -0.39 is 21.5 Å². The van der Waals surface area contributed by atoms with Gasteiger partial charge >= 0.3 is 0 Å². The number of hydrogen-bond donors (Lipinski definition) is 2. The Morgan fingerprint density at radius 2 is 1.87 bits per heavy atom. The van der Waals surface area contributed by atoms with E-state index in [2.05, 4.69) is 10.2 Å². The summed E-state index contributed by atoms with van der Waals surface area (Å²) in [5, 5.41) is 13.4. The van der Waals surface area contributed by atoms with E-state index in [0.717, 1.165) is 32.1 Å². The second-order valence-corrected chi connectivity index (χ2v) is 8.93. The maximum Gasteiger partial charge on any atom is 0.225 e. The first kappa shape index (κ1) is 18.6. The lowest BCUT2D eigenvalue weighted by molar-refractivity contribution is -0.125. The highest BCUT2D eigenvalue weighted by atomic mass is 32.2. The molecule has 7 nitrogen and oxygen atoms in total. The minimum atomic E-state index is -3.33. The third-order valence-electron chi connectivity index (χ3n) is 4.96. The van der Waals surface area contributed by atoms with Crippen LogP contribution in [0.2, 0.25) is 0 Å². The molecule has 0 aromatic heterocycles. The van der Waals surface area contributed by atoms with Crippen molar-refractivity contribution in [2.45, 2.75) is 37.7 Å². The standard InChI is InChI=1S/C15H29N3O4S/c1-16-14(19)13-10-17(8-9-18(11-13)23(2,21)22)12-15(20)6-4-3-5-7-15/h13,20H,3-12H2,1-2H3,(H,16,19)/t13-/m0/s1. The molecular formula is C15H29N3O4S. The zero-order valence-electron chi connectivity index (χ0n) is 14.1. The van der Waals surface area contributed by atoms with Crippen LogP contribution >= 0.6 is 0 Å². The Kier molecular flexibility index (Phi) is 6.05. The fourth-order valence-corrected chi connectivity index (χ4v) is 4.51. The van der Waals surface area contributed by atoms with Gasteiger partial charge in [-0.2, -0.15) is 0 Å². The van der Waals surface area contributed by atoms with Gasteiger partial charge in [-0.1, -0.05) is 19.3 Å². The molecule has 1 aliphatic heterocycles. The van der Waals surface area contributed by atoms with Crippen molar-refractivity contribution in [3.63, 3.8) is 0 Å². The van der Waals surface area contributed by atoms with Gasteiger partial charge in [0.2, 0.25) is 15.9 Å². The average molecular weight is 347 g/mol. The van der Waals surface area contributed by atoms with Crippen molar-refractivity contribution in [2.24, 2.45) is 5.92 Å². The van der Waals surface area contributed by atoms with Crippen molar-refractivity contribution in [3.05, 3.63) is 0 Å². The molecule has 2 aliphatic rings. The van der Waals surface area contributed by atoms with Crippen molar-refractivity contribution in [1.82, 2.24) is 14.5 Å². The van der Waals surface area contributed by atoms with E-state index in [1.807, 2.05) is 0 Å². The predicted octanol–water partition coefficient (Wildman–Crippen LogP) is -0.379. The van der Waals surface area contributed by atoms with Crippen LogP contribution in [-0.2, 0) is 14.8 Å². The molecule has 23 heavy (non-hydrogen) atoms. The molecule has 0 spiro atoms. The smallest absolute Gasteiger partial charge is 0.225 e. The van der Waals surface area contributed by atoms with Gasteiger partial charge in [-0.25, -0.2) is 12.7 Å². The molecule has 0 bridgehead atoms. The first-order chi connectivity index (χ1) is 10.7. The molecule has 1 atom stereocenters. The second-order valence-electron chi connectivity index (χ2n) is 6.95. The van der Waals surface area contributed by atoms with Crippen molar-refractivity contribution in [1.29, 1.82) is 0 Å². The van der Waals surface area contributed by atoms with E-state index in [9.17, 15) is 18.3 Å². The number of nitrogens with one attached hydrogen (secondary N) is 1. The Hall–Kier alpha value is -0.700. The van der Waals surface area contributed by atoms with E-state index in [0.29, 0.717) is 26.2 Å². The number of nitrogens with zero attached hydrogens (tertiary/aromatic N) is 2. The Labute approximate surface area is 139 Å². The third-order valence-corrected chi connectivity index (χ3v) is 6.23. The Morgan fingerprint density at radius 3 is 2.43 bits per heavy atom. The first-order valence-corrected chi connectivity index (χ1v) is 10.2. The summed E-state index contributed by atoms with van der Waals surface area (Å²) >= 11 is 0. The summed E-state index contributed by atoms with van der Waals surface area (Å²) in [5.74, 6) is -0.564. The highest BCUT2D eigenvalue weighted by Crippen LogP contribution is 2.29. The van der Waals surface area contributed by atoms with E-state index in [4.69, 9.17) is 0 Å². The van der Waals surface area contributed by atoms with E-state index in [-0.39, 0.29) is 12.5 Å². The zero-order valence-corrected chi connectivity index (χ0v) is 14.9. The number of amides is 1. The van der Waals surface area contributed by atoms with Crippen molar-refractivity contribution >= 4 is 15.9 Å². The highest BCUT2D eigenvalue weighted by Gasteiger charge is 2.36. The summed E-state index contributed by atoms with van der Waals surface area (Å²) in [5.41, 5.74) is -0.703. The largest absolute Gasteiger partial charge is 0.389 e. The molecule has 0 radical (unpaired) electrons. The van der Waals surface area contributed by atoms with Crippen LogP contribution < -0.4 is 5.32 Å². The van der Waals surface area contributed by atoms with Crippen molar-refractivity contribution < 1.29 is 18.3 Å². The molecule has 1 heterocycles. The van der Waals surface area contributed by atoms with Crippen LogP contribution in [0.5, 0.6) is 0 Å². The predicted molar refractivity (Wildman–Crippen MR) is 88.4 cm³/mol. The van der Waals surface area contributed by atoms with Crippen LogP contribution in [0.1, 0.15) is 32.1 Å². The van der Waals surface area contributed by atoms with Crippen LogP contribution in [0.25, 0.3) is 0 Å². The van der Waals surface area contributed by atoms with Gasteiger partial charge in [0.25, 0.3) is 0 Å². The number of sulfonamides is 1. The van der Waals surface area contributed by atoms with E-state index >= 15 is 0 Å². The summed E-state index contributed by atoms with van der Waals surface area (Å²) in [7, 11) is -1.76. The lowest BCUT2D eigenvalue weighted by atomic mass is 9.84. The second kappa shape index (κ2) is 7.46. The Morgan fingerprint density at radius 1 is 1.22 bits per heavy atom. The van der Waals surface area contributed by atoms with Crippen molar-refractivity contribution in [2.75, 3.05) is 46.0 Å². The fourth-order valence-electron chi connectivity index (χ4n) is 3.65. The molecule has 0 aromatic rings. The van der Waals surface area contributed by atoms with Crippen LogP contribution in [-0.4, -0.2) is 80.3 Å². The number of aliphatic hydroxyl groups is 1. The van der Waals surface area contributed by atoms with Gasteiger partial charge in [0.1, 0.15) is 0 Å². The number of carbonyl (C=O) groups is 1.